The first-order valence-corrected chi connectivity index (χ1v) is 14.9. The number of hydrogen-bond acceptors (Lipinski definition) is 6. The molecule has 1 aliphatic heterocycles. The second-order valence-corrected chi connectivity index (χ2v) is 12.1. The first-order valence-electron chi connectivity index (χ1n) is 14.9. The number of fused-ring (bicyclic) bond motifs is 1. The maximum absolute atomic E-state index is 14.1. The predicted molar refractivity (Wildman–Crippen MR) is 169 cm³/mol. The Kier molecular flexibility index (Phi) is 10.6. The van der Waals surface area contributed by atoms with Gasteiger partial charge in [-0.2, -0.15) is 0 Å². The van der Waals surface area contributed by atoms with E-state index in [1.165, 1.54) is 41.2 Å². The molecule has 1 fully saturated rings. The highest BCUT2D eigenvalue weighted by Gasteiger charge is 2.43. The van der Waals surface area contributed by atoms with Crippen molar-refractivity contribution in [3.63, 3.8) is 0 Å². The molecule has 2 unspecified atom stereocenters. The molecule has 3 aromatic carbocycles. The van der Waals surface area contributed by atoms with Crippen molar-refractivity contribution >= 4 is 34.6 Å². The zero-order valence-corrected chi connectivity index (χ0v) is 26.1. The summed E-state index contributed by atoms with van der Waals surface area (Å²) in [4.78, 5) is 56.8. The van der Waals surface area contributed by atoms with Crippen LogP contribution in [0.3, 0.4) is 0 Å². The van der Waals surface area contributed by atoms with E-state index >= 15 is 0 Å². The molecule has 45 heavy (non-hydrogen) atoms. The molecular formula is C35H40FN3O6. The predicted octanol–water partition coefficient (Wildman–Crippen LogP) is 4.81. The van der Waals surface area contributed by atoms with Gasteiger partial charge < -0.3 is 24.6 Å². The monoisotopic (exact) mass is 617 g/mol. The lowest BCUT2D eigenvalue weighted by Crippen LogP contribution is -2.65. The van der Waals surface area contributed by atoms with Crippen molar-refractivity contribution in [1.29, 1.82) is 0 Å². The SMILES string of the molecule is C=CCC1C(=O)N([C@@H](Cc2ccc3ccccc3c2)C(=O)OC)CCN1C(=O)C(Cc1ccc(F)cc1)NC(=O)OC(C)(C)C. The summed E-state index contributed by atoms with van der Waals surface area (Å²) in [5.41, 5.74) is 0.655. The summed E-state index contributed by atoms with van der Waals surface area (Å²) in [6, 6.07) is 16.4. The second kappa shape index (κ2) is 14.4. The van der Waals surface area contributed by atoms with Crippen LogP contribution in [-0.2, 0) is 36.7 Å². The van der Waals surface area contributed by atoms with Gasteiger partial charge in [-0.25, -0.2) is 14.0 Å². The van der Waals surface area contributed by atoms with Crippen LogP contribution in [0.25, 0.3) is 10.8 Å². The highest BCUT2D eigenvalue weighted by molar-refractivity contribution is 5.94. The largest absolute Gasteiger partial charge is 0.467 e. The van der Waals surface area contributed by atoms with E-state index < -0.39 is 53.4 Å². The molecule has 0 radical (unpaired) electrons. The van der Waals surface area contributed by atoms with E-state index in [1.54, 1.807) is 26.8 Å². The summed E-state index contributed by atoms with van der Waals surface area (Å²) >= 11 is 0. The standard InChI is InChI=1S/C35H40FN3O6/c1-6-9-29-32(41)39(30(33(42)44-5)22-24-12-15-25-10-7-8-11-26(25)20-24)19-18-38(29)31(40)28(37-34(43)45-35(2,3)4)21-23-13-16-27(36)17-14-23/h6-8,10-17,20,28-30H,1,9,18-19,21-22H2,2-5H3,(H,37,43)/t28?,29?,30-/m0/s1. The van der Waals surface area contributed by atoms with Crippen LogP contribution in [0.5, 0.6) is 0 Å². The molecular weight excluding hydrogens is 577 g/mol. The number of carbonyl (C=O) groups excluding carboxylic acids is 4. The highest BCUT2D eigenvalue weighted by Crippen LogP contribution is 2.24. The van der Waals surface area contributed by atoms with Gasteiger partial charge in [0, 0.05) is 25.9 Å². The van der Waals surface area contributed by atoms with E-state index in [0.717, 1.165) is 16.3 Å². The Bertz CT molecular complexity index is 1550. The third-order valence-electron chi connectivity index (χ3n) is 7.63. The number of benzene rings is 3. The number of hydrogen-bond donors (Lipinski definition) is 1. The summed E-state index contributed by atoms with van der Waals surface area (Å²) in [6.07, 6.45) is 1.14. The molecule has 3 amide bonds. The molecule has 1 aliphatic rings. The van der Waals surface area contributed by atoms with E-state index in [4.69, 9.17) is 9.47 Å². The molecule has 3 aromatic rings. The lowest BCUT2D eigenvalue weighted by atomic mass is 9.97. The molecule has 3 atom stereocenters. The van der Waals surface area contributed by atoms with Crippen LogP contribution >= 0.6 is 0 Å². The Labute approximate surface area is 263 Å². The molecule has 0 saturated carbocycles. The molecule has 238 valence electrons. The minimum Gasteiger partial charge on any atom is -0.467 e. The van der Waals surface area contributed by atoms with Crippen LogP contribution in [-0.4, -0.2) is 77.6 Å². The smallest absolute Gasteiger partial charge is 0.408 e. The fourth-order valence-electron chi connectivity index (χ4n) is 5.52. The van der Waals surface area contributed by atoms with Gasteiger partial charge >= 0.3 is 12.1 Å². The summed E-state index contributed by atoms with van der Waals surface area (Å²) in [6.45, 7) is 9.07. The van der Waals surface area contributed by atoms with Crippen molar-refractivity contribution in [3.05, 3.63) is 96.3 Å². The van der Waals surface area contributed by atoms with Gasteiger partial charge in [-0.05, 0) is 61.2 Å². The Morgan fingerprint density at radius 1 is 1.00 bits per heavy atom. The topological polar surface area (TPSA) is 105 Å². The number of methoxy groups -OCH3 is 1. The van der Waals surface area contributed by atoms with Crippen molar-refractivity contribution in [2.75, 3.05) is 20.2 Å². The van der Waals surface area contributed by atoms with Crippen LogP contribution in [0.15, 0.2) is 79.4 Å². The molecule has 1 N–H and O–H groups in total. The molecule has 0 spiro atoms. The van der Waals surface area contributed by atoms with Gasteiger partial charge in [0.25, 0.3) is 0 Å². The highest BCUT2D eigenvalue weighted by atomic mass is 19.1. The van der Waals surface area contributed by atoms with Gasteiger partial charge in [-0.1, -0.05) is 60.7 Å². The first kappa shape index (κ1) is 33.2. The van der Waals surface area contributed by atoms with Crippen molar-refractivity contribution in [2.24, 2.45) is 0 Å². The van der Waals surface area contributed by atoms with Crippen molar-refractivity contribution in [3.8, 4) is 0 Å². The van der Waals surface area contributed by atoms with E-state index in [2.05, 4.69) is 11.9 Å². The Morgan fingerprint density at radius 3 is 2.31 bits per heavy atom. The van der Waals surface area contributed by atoms with Gasteiger partial charge in [-0.15, -0.1) is 6.58 Å². The molecule has 0 bridgehead atoms. The van der Waals surface area contributed by atoms with Crippen LogP contribution in [0.1, 0.15) is 38.3 Å². The number of carbonyl (C=O) groups is 4. The zero-order chi connectivity index (χ0) is 32.7. The van der Waals surface area contributed by atoms with Gasteiger partial charge in [0.15, 0.2) is 0 Å². The number of rotatable bonds is 10. The molecule has 1 saturated heterocycles. The average molecular weight is 618 g/mol. The maximum atomic E-state index is 14.1. The van der Waals surface area contributed by atoms with Crippen LogP contribution < -0.4 is 5.32 Å². The molecule has 10 heteroatoms. The molecule has 9 nitrogen and oxygen atoms in total. The third-order valence-corrected chi connectivity index (χ3v) is 7.63. The van der Waals surface area contributed by atoms with Gasteiger partial charge in [0.1, 0.15) is 29.5 Å². The number of esters is 1. The number of alkyl carbamates (subject to hydrolysis) is 1. The number of piperazine rings is 1. The number of ether oxygens (including phenoxy) is 2. The van der Waals surface area contributed by atoms with Crippen molar-refractivity contribution in [1.82, 2.24) is 15.1 Å². The maximum Gasteiger partial charge on any atom is 0.408 e. The average Bonchev–Trinajstić information content (AvgIpc) is 3.00. The van der Waals surface area contributed by atoms with Crippen LogP contribution in [0.2, 0.25) is 0 Å². The van der Waals surface area contributed by atoms with E-state index in [9.17, 15) is 23.6 Å². The fraction of sp³-hybridized carbons (Fsp3) is 0.371. The van der Waals surface area contributed by atoms with Crippen LogP contribution in [0.4, 0.5) is 9.18 Å². The van der Waals surface area contributed by atoms with Crippen molar-refractivity contribution in [2.45, 2.75) is 63.8 Å². The molecule has 0 aliphatic carbocycles. The Morgan fingerprint density at radius 2 is 1.67 bits per heavy atom. The molecule has 0 aromatic heterocycles. The zero-order valence-electron chi connectivity index (χ0n) is 26.1. The van der Waals surface area contributed by atoms with E-state index in [1.807, 2.05) is 42.5 Å². The minimum atomic E-state index is -1.11. The first-order chi connectivity index (χ1) is 21.4. The fourth-order valence-corrected chi connectivity index (χ4v) is 5.52. The van der Waals surface area contributed by atoms with Gasteiger partial charge in [0.05, 0.1) is 7.11 Å². The normalized spacial score (nSPS) is 16.6. The Balaban J connectivity index is 1.60. The van der Waals surface area contributed by atoms with E-state index in [-0.39, 0.29) is 32.4 Å². The quantitative estimate of drug-likeness (QED) is 0.259. The lowest BCUT2D eigenvalue weighted by molar-refractivity contribution is -0.161. The number of amides is 3. The van der Waals surface area contributed by atoms with Gasteiger partial charge in [-0.3, -0.25) is 9.59 Å². The van der Waals surface area contributed by atoms with Gasteiger partial charge in [0.2, 0.25) is 11.8 Å². The molecule has 1 heterocycles. The second-order valence-electron chi connectivity index (χ2n) is 12.1. The number of nitrogens with zero attached hydrogens (tertiary/aromatic N) is 2. The number of nitrogens with one attached hydrogen (secondary N) is 1. The Hall–Kier alpha value is -4.73. The summed E-state index contributed by atoms with van der Waals surface area (Å²) in [5, 5.41) is 4.71. The van der Waals surface area contributed by atoms with E-state index in [0.29, 0.717) is 5.56 Å². The minimum absolute atomic E-state index is 0.0420. The summed E-state index contributed by atoms with van der Waals surface area (Å²) < 4.78 is 24.1. The lowest BCUT2D eigenvalue weighted by Gasteiger charge is -2.44. The number of halogens is 1. The molecule has 4 rings (SSSR count). The third kappa shape index (κ3) is 8.47. The van der Waals surface area contributed by atoms with Crippen LogP contribution in [0, 0.1) is 5.82 Å². The van der Waals surface area contributed by atoms with Crippen molar-refractivity contribution < 1.29 is 33.0 Å². The summed E-state index contributed by atoms with van der Waals surface area (Å²) in [7, 11) is 1.28. The summed E-state index contributed by atoms with van der Waals surface area (Å²) in [5.74, 6) is -1.93.